The van der Waals surface area contributed by atoms with Crippen LogP contribution in [0.3, 0.4) is 0 Å². The Balaban J connectivity index is 1.56. The first-order chi connectivity index (χ1) is 13.6. The van der Waals surface area contributed by atoms with Crippen LogP contribution in [0, 0.1) is 11.3 Å². The molecule has 1 saturated heterocycles. The molecule has 2 aromatic rings. The SMILES string of the molecule is CC(=O)N(CC(=O)N1CCN(Cc2ccccc2)CC1)c1ccc(C#N)cc1. The second-order valence-electron chi connectivity index (χ2n) is 6.91. The van der Waals surface area contributed by atoms with Gasteiger partial charge in [-0.1, -0.05) is 30.3 Å². The predicted octanol–water partition coefficient (Wildman–Crippen LogP) is 2.26. The summed E-state index contributed by atoms with van der Waals surface area (Å²) in [4.78, 5) is 30.4. The molecule has 0 aromatic heterocycles. The van der Waals surface area contributed by atoms with Gasteiger partial charge in [0.1, 0.15) is 6.54 Å². The van der Waals surface area contributed by atoms with Gasteiger partial charge in [-0.2, -0.15) is 5.26 Å². The molecule has 6 nitrogen and oxygen atoms in total. The van der Waals surface area contributed by atoms with E-state index in [2.05, 4.69) is 23.1 Å². The lowest BCUT2D eigenvalue weighted by atomic mass is 10.2. The molecular formula is C22H24N4O2. The Bertz CT molecular complexity index is 850. The van der Waals surface area contributed by atoms with Crippen LogP contribution >= 0.6 is 0 Å². The van der Waals surface area contributed by atoms with Crippen LogP contribution in [-0.4, -0.2) is 54.3 Å². The minimum atomic E-state index is -0.194. The van der Waals surface area contributed by atoms with E-state index in [1.165, 1.54) is 17.4 Å². The Kier molecular flexibility index (Phi) is 6.41. The molecule has 0 radical (unpaired) electrons. The number of carbonyl (C=O) groups is 2. The molecule has 1 fully saturated rings. The minimum Gasteiger partial charge on any atom is -0.339 e. The number of nitriles is 1. The number of amides is 2. The van der Waals surface area contributed by atoms with Crippen LogP contribution in [0.25, 0.3) is 0 Å². The first-order valence-corrected chi connectivity index (χ1v) is 9.39. The van der Waals surface area contributed by atoms with Gasteiger partial charge < -0.3 is 9.80 Å². The molecule has 3 rings (SSSR count). The molecule has 2 amide bonds. The van der Waals surface area contributed by atoms with E-state index in [0.717, 1.165) is 19.6 Å². The maximum atomic E-state index is 12.7. The van der Waals surface area contributed by atoms with Crippen LogP contribution in [0.15, 0.2) is 54.6 Å². The predicted molar refractivity (Wildman–Crippen MR) is 107 cm³/mol. The summed E-state index contributed by atoms with van der Waals surface area (Å²) in [5, 5.41) is 8.91. The van der Waals surface area contributed by atoms with Gasteiger partial charge in [0.25, 0.3) is 0 Å². The molecule has 0 aliphatic carbocycles. The zero-order valence-electron chi connectivity index (χ0n) is 16.0. The Labute approximate surface area is 165 Å². The lowest BCUT2D eigenvalue weighted by Gasteiger charge is -2.35. The summed E-state index contributed by atoms with van der Waals surface area (Å²) in [5.41, 5.74) is 2.42. The lowest BCUT2D eigenvalue weighted by Crippen LogP contribution is -2.51. The number of piperazine rings is 1. The summed E-state index contributed by atoms with van der Waals surface area (Å²) >= 11 is 0. The van der Waals surface area contributed by atoms with Gasteiger partial charge >= 0.3 is 0 Å². The second kappa shape index (κ2) is 9.16. The maximum absolute atomic E-state index is 12.7. The average Bonchev–Trinajstić information content (AvgIpc) is 2.73. The second-order valence-corrected chi connectivity index (χ2v) is 6.91. The molecule has 6 heteroatoms. The average molecular weight is 376 g/mol. The van der Waals surface area contributed by atoms with Crippen molar-refractivity contribution in [2.24, 2.45) is 0 Å². The molecule has 1 aliphatic heterocycles. The molecule has 0 atom stereocenters. The molecule has 28 heavy (non-hydrogen) atoms. The highest BCUT2D eigenvalue weighted by Crippen LogP contribution is 2.16. The Morgan fingerprint density at radius 1 is 1.00 bits per heavy atom. The minimum absolute atomic E-state index is 0.0138. The molecule has 2 aromatic carbocycles. The van der Waals surface area contributed by atoms with Crippen molar-refractivity contribution in [2.75, 3.05) is 37.6 Å². The summed E-state index contributed by atoms with van der Waals surface area (Å²) in [6.45, 7) is 5.29. The van der Waals surface area contributed by atoms with Crippen molar-refractivity contribution in [1.82, 2.24) is 9.80 Å². The first kappa shape index (κ1) is 19.6. The van der Waals surface area contributed by atoms with E-state index >= 15 is 0 Å². The summed E-state index contributed by atoms with van der Waals surface area (Å²) in [6.07, 6.45) is 0. The summed E-state index contributed by atoms with van der Waals surface area (Å²) in [7, 11) is 0. The van der Waals surface area contributed by atoms with E-state index < -0.39 is 0 Å². The van der Waals surface area contributed by atoms with Crippen LogP contribution in [0.2, 0.25) is 0 Å². The molecule has 144 valence electrons. The van der Waals surface area contributed by atoms with Gasteiger partial charge in [0.2, 0.25) is 11.8 Å². The van der Waals surface area contributed by atoms with E-state index in [-0.39, 0.29) is 18.4 Å². The highest BCUT2D eigenvalue weighted by atomic mass is 16.2. The summed E-state index contributed by atoms with van der Waals surface area (Å²) in [5.74, 6) is -0.250. The third-order valence-corrected chi connectivity index (χ3v) is 4.96. The van der Waals surface area contributed by atoms with Crippen molar-refractivity contribution in [3.05, 3.63) is 65.7 Å². The number of hydrogen-bond acceptors (Lipinski definition) is 4. The van der Waals surface area contributed by atoms with Crippen molar-refractivity contribution in [3.63, 3.8) is 0 Å². The van der Waals surface area contributed by atoms with Crippen LogP contribution < -0.4 is 4.90 Å². The Morgan fingerprint density at radius 2 is 1.64 bits per heavy atom. The van der Waals surface area contributed by atoms with Crippen molar-refractivity contribution in [3.8, 4) is 6.07 Å². The van der Waals surface area contributed by atoms with Crippen molar-refractivity contribution in [1.29, 1.82) is 5.26 Å². The number of rotatable bonds is 5. The summed E-state index contributed by atoms with van der Waals surface area (Å²) < 4.78 is 0. The van der Waals surface area contributed by atoms with Gasteiger partial charge in [-0.25, -0.2) is 0 Å². The smallest absolute Gasteiger partial charge is 0.242 e. The highest BCUT2D eigenvalue weighted by molar-refractivity contribution is 5.97. The van der Waals surface area contributed by atoms with Crippen LogP contribution in [0.4, 0.5) is 5.69 Å². The molecule has 0 bridgehead atoms. The molecule has 0 N–H and O–H groups in total. The topological polar surface area (TPSA) is 67.7 Å². The quantitative estimate of drug-likeness (QED) is 0.803. The fourth-order valence-corrected chi connectivity index (χ4v) is 3.33. The van der Waals surface area contributed by atoms with E-state index in [1.54, 1.807) is 24.3 Å². The summed E-state index contributed by atoms with van der Waals surface area (Å²) in [6, 6.07) is 19.1. The zero-order chi connectivity index (χ0) is 19.9. The largest absolute Gasteiger partial charge is 0.339 e. The number of hydrogen-bond donors (Lipinski definition) is 0. The molecule has 1 heterocycles. The van der Waals surface area contributed by atoms with Gasteiger partial charge in [-0.05, 0) is 29.8 Å². The Morgan fingerprint density at radius 3 is 2.21 bits per heavy atom. The highest BCUT2D eigenvalue weighted by Gasteiger charge is 2.24. The van der Waals surface area contributed by atoms with E-state index in [0.29, 0.717) is 24.3 Å². The van der Waals surface area contributed by atoms with Gasteiger partial charge in [0, 0.05) is 45.3 Å². The third kappa shape index (κ3) is 4.96. The normalized spacial score (nSPS) is 14.4. The van der Waals surface area contributed by atoms with Gasteiger partial charge in [0.05, 0.1) is 11.6 Å². The molecular weight excluding hydrogens is 352 g/mol. The molecule has 0 spiro atoms. The van der Waals surface area contributed by atoms with Gasteiger partial charge in [-0.15, -0.1) is 0 Å². The number of benzene rings is 2. The van der Waals surface area contributed by atoms with Gasteiger partial charge in [0.15, 0.2) is 0 Å². The van der Waals surface area contributed by atoms with Crippen LogP contribution in [0.1, 0.15) is 18.1 Å². The fraction of sp³-hybridized carbons (Fsp3) is 0.318. The number of anilines is 1. The maximum Gasteiger partial charge on any atom is 0.242 e. The van der Waals surface area contributed by atoms with E-state index in [9.17, 15) is 9.59 Å². The zero-order valence-corrected chi connectivity index (χ0v) is 16.0. The molecule has 1 aliphatic rings. The lowest BCUT2D eigenvalue weighted by molar-refractivity contribution is -0.132. The standard InChI is InChI=1S/C22H24N4O2/c1-18(27)26(21-9-7-19(15-23)8-10-21)17-22(28)25-13-11-24(12-14-25)16-20-5-3-2-4-6-20/h2-10H,11-14,16-17H2,1H3. The van der Waals surface area contributed by atoms with Crippen LogP contribution in [-0.2, 0) is 16.1 Å². The third-order valence-electron chi connectivity index (χ3n) is 4.96. The van der Waals surface area contributed by atoms with Crippen molar-refractivity contribution in [2.45, 2.75) is 13.5 Å². The monoisotopic (exact) mass is 376 g/mol. The van der Waals surface area contributed by atoms with E-state index in [1.807, 2.05) is 23.1 Å². The number of nitrogens with zero attached hydrogens (tertiary/aromatic N) is 4. The van der Waals surface area contributed by atoms with E-state index in [4.69, 9.17) is 5.26 Å². The number of carbonyl (C=O) groups excluding carboxylic acids is 2. The molecule has 0 unspecified atom stereocenters. The van der Waals surface area contributed by atoms with Crippen molar-refractivity contribution < 1.29 is 9.59 Å². The fourth-order valence-electron chi connectivity index (χ4n) is 3.33. The van der Waals surface area contributed by atoms with Crippen LogP contribution in [0.5, 0.6) is 0 Å². The van der Waals surface area contributed by atoms with Gasteiger partial charge in [-0.3, -0.25) is 14.5 Å². The van der Waals surface area contributed by atoms with Crippen molar-refractivity contribution >= 4 is 17.5 Å². The molecule has 0 saturated carbocycles. The first-order valence-electron chi connectivity index (χ1n) is 9.39. The Hall–Kier alpha value is -3.17.